The minimum absolute atomic E-state index is 0.0495. The van der Waals surface area contributed by atoms with Crippen LogP contribution in [0, 0.1) is 0 Å². The minimum atomic E-state index is -4.45. The molecule has 0 aliphatic heterocycles. The predicted molar refractivity (Wildman–Crippen MR) is 167 cm³/mol. The summed E-state index contributed by atoms with van der Waals surface area (Å²) in [6.07, 6.45) is -3.92. The van der Waals surface area contributed by atoms with Crippen LogP contribution in [0.15, 0.2) is 109 Å². The van der Waals surface area contributed by atoms with E-state index in [1.807, 2.05) is 67.6 Å². The molecule has 234 valence electrons. The summed E-state index contributed by atoms with van der Waals surface area (Å²) >= 11 is 0. The summed E-state index contributed by atoms with van der Waals surface area (Å²) in [6, 6.07) is 29.6. The molecule has 0 unspecified atom stereocenters. The smallest absolute Gasteiger partial charge is 0.390 e. The molecule has 1 aliphatic rings. The van der Waals surface area contributed by atoms with Crippen molar-refractivity contribution in [2.45, 2.75) is 56.1 Å². The van der Waals surface area contributed by atoms with E-state index in [4.69, 9.17) is 0 Å². The molecule has 1 fully saturated rings. The van der Waals surface area contributed by atoms with Crippen molar-refractivity contribution in [1.82, 2.24) is 16.0 Å². The summed E-state index contributed by atoms with van der Waals surface area (Å²) in [5, 5.41) is 20.5. The van der Waals surface area contributed by atoms with Crippen LogP contribution in [0.2, 0.25) is 0 Å². The molecule has 4 aromatic carbocycles. The molecule has 1 aliphatic carbocycles. The number of aliphatic hydroxyl groups excluding tert-OH is 1. The lowest BCUT2D eigenvalue weighted by molar-refractivity contribution is -0.137. The molecule has 5 rings (SSSR count). The first kappa shape index (κ1) is 31.9. The van der Waals surface area contributed by atoms with Gasteiger partial charge >= 0.3 is 6.18 Å². The Morgan fingerprint density at radius 3 is 2.02 bits per heavy atom. The number of rotatable bonds is 12. The van der Waals surface area contributed by atoms with E-state index in [0.29, 0.717) is 30.4 Å². The number of carbonyl (C=O) groups is 2. The van der Waals surface area contributed by atoms with Crippen LogP contribution in [-0.2, 0) is 18.1 Å². The Morgan fingerprint density at radius 1 is 0.800 bits per heavy atom. The first-order valence-corrected chi connectivity index (χ1v) is 15.0. The third-order valence-electron chi connectivity index (χ3n) is 8.26. The number of hydrogen-bond donors (Lipinski definition) is 4. The maximum atomic E-state index is 13.5. The van der Waals surface area contributed by atoms with E-state index < -0.39 is 35.3 Å². The molecule has 0 aromatic heterocycles. The summed E-state index contributed by atoms with van der Waals surface area (Å²) in [4.78, 5) is 26.5. The Kier molecular flexibility index (Phi) is 9.70. The van der Waals surface area contributed by atoms with Crippen LogP contribution >= 0.6 is 0 Å². The van der Waals surface area contributed by atoms with Crippen LogP contribution in [0.3, 0.4) is 0 Å². The molecule has 45 heavy (non-hydrogen) atoms. The van der Waals surface area contributed by atoms with Crippen molar-refractivity contribution in [2.24, 2.45) is 0 Å². The molecule has 3 atom stereocenters. The van der Waals surface area contributed by atoms with Crippen LogP contribution < -0.4 is 16.0 Å². The van der Waals surface area contributed by atoms with E-state index in [9.17, 15) is 27.9 Å². The third kappa shape index (κ3) is 8.17. The second-order valence-corrected chi connectivity index (χ2v) is 11.6. The van der Waals surface area contributed by atoms with Gasteiger partial charge in [0.2, 0.25) is 0 Å². The highest BCUT2D eigenvalue weighted by Crippen LogP contribution is 2.46. The van der Waals surface area contributed by atoms with E-state index in [-0.39, 0.29) is 24.1 Å². The van der Waals surface area contributed by atoms with Crippen LogP contribution in [0.25, 0.3) is 0 Å². The van der Waals surface area contributed by atoms with Gasteiger partial charge in [0.05, 0.1) is 23.8 Å². The van der Waals surface area contributed by atoms with Gasteiger partial charge in [0, 0.05) is 23.2 Å². The van der Waals surface area contributed by atoms with Crippen molar-refractivity contribution in [1.29, 1.82) is 0 Å². The van der Waals surface area contributed by atoms with E-state index in [1.165, 1.54) is 12.1 Å². The maximum Gasteiger partial charge on any atom is 0.416 e. The highest BCUT2D eigenvalue weighted by Gasteiger charge is 2.45. The normalized spacial score (nSPS) is 15.8. The van der Waals surface area contributed by atoms with Gasteiger partial charge in [0.15, 0.2) is 0 Å². The largest absolute Gasteiger partial charge is 0.416 e. The van der Waals surface area contributed by atoms with Gasteiger partial charge < -0.3 is 21.1 Å². The number of nitrogens with one attached hydrogen (secondary N) is 3. The average molecular weight is 616 g/mol. The monoisotopic (exact) mass is 615 g/mol. The predicted octanol–water partition coefficient (Wildman–Crippen LogP) is 6.18. The summed E-state index contributed by atoms with van der Waals surface area (Å²) in [5.41, 5.74) is 1.57. The summed E-state index contributed by atoms with van der Waals surface area (Å²) in [5.74, 6) is -0.782. The molecular weight excluding hydrogens is 579 g/mol. The SMILES string of the molecule is C[C@@H](NC(=O)c1cccc(C(=O)N[C@@H](Cc2ccccc2)[C@H](O)CNC2(c3cccc(C(F)(F)F)c3)CC2)c1)c1ccccc1. The van der Waals surface area contributed by atoms with Crippen molar-refractivity contribution in [3.63, 3.8) is 0 Å². The standard InChI is InChI=1S/C36H36F3N3O3/c1-24(26-12-6-3-7-13-26)41-33(44)27-14-8-15-28(21-27)34(45)42-31(20-25-10-4-2-5-11-25)32(43)23-40-35(18-19-35)29-16-9-17-30(22-29)36(37,38)39/h2-17,21-22,24,31-32,40,43H,18-20,23H2,1H3,(H,41,44)(H,42,45)/t24-,31+,32-/m1/s1. The zero-order chi connectivity index (χ0) is 32.0. The van der Waals surface area contributed by atoms with Crippen molar-refractivity contribution in [2.75, 3.05) is 6.54 Å². The number of carbonyl (C=O) groups excluding carboxylic acids is 2. The Balaban J connectivity index is 1.28. The molecule has 4 N–H and O–H groups in total. The molecule has 9 heteroatoms. The van der Waals surface area contributed by atoms with Gasteiger partial charge in [0.1, 0.15) is 0 Å². The third-order valence-corrected chi connectivity index (χ3v) is 8.26. The fourth-order valence-corrected chi connectivity index (χ4v) is 5.44. The average Bonchev–Trinajstić information content (AvgIpc) is 3.85. The highest BCUT2D eigenvalue weighted by atomic mass is 19.4. The van der Waals surface area contributed by atoms with Crippen LogP contribution in [0.4, 0.5) is 13.2 Å². The van der Waals surface area contributed by atoms with Crippen molar-refractivity contribution in [3.8, 4) is 0 Å². The topological polar surface area (TPSA) is 90.5 Å². The van der Waals surface area contributed by atoms with Gasteiger partial charge in [-0.25, -0.2) is 0 Å². The first-order valence-electron chi connectivity index (χ1n) is 15.0. The summed E-state index contributed by atoms with van der Waals surface area (Å²) < 4.78 is 40.0. The van der Waals surface area contributed by atoms with E-state index in [2.05, 4.69) is 16.0 Å². The number of aliphatic hydroxyl groups is 1. The number of hydrogen-bond acceptors (Lipinski definition) is 4. The van der Waals surface area contributed by atoms with Crippen LogP contribution in [0.5, 0.6) is 0 Å². The second kappa shape index (κ2) is 13.7. The Morgan fingerprint density at radius 2 is 1.40 bits per heavy atom. The lowest BCUT2D eigenvalue weighted by Crippen LogP contribution is -2.50. The van der Waals surface area contributed by atoms with Gasteiger partial charge in [-0.15, -0.1) is 0 Å². The molecule has 0 radical (unpaired) electrons. The molecule has 0 heterocycles. The Hall–Kier alpha value is -4.47. The molecule has 4 aromatic rings. The number of amides is 2. The fourth-order valence-electron chi connectivity index (χ4n) is 5.44. The van der Waals surface area contributed by atoms with Crippen molar-refractivity contribution >= 4 is 11.8 Å². The molecule has 0 bridgehead atoms. The van der Waals surface area contributed by atoms with Gasteiger partial charge in [-0.2, -0.15) is 13.2 Å². The van der Waals surface area contributed by atoms with Crippen molar-refractivity contribution < 1.29 is 27.9 Å². The van der Waals surface area contributed by atoms with Gasteiger partial charge in [-0.1, -0.05) is 78.9 Å². The quantitative estimate of drug-likeness (QED) is 0.153. The zero-order valence-electron chi connectivity index (χ0n) is 24.9. The van der Waals surface area contributed by atoms with E-state index in [1.54, 1.807) is 24.3 Å². The highest BCUT2D eigenvalue weighted by molar-refractivity contribution is 5.99. The van der Waals surface area contributed by atoms with E-state index >= 15 is 0 Å². The summed E-state index contributed by atoms with van der Waals surface area (Å²) in [7, 11) is 0. The molecule has 0 saturated heterocycles. The first-order chi connectivity index (χ1) is 21.5. The number of halogens is 3. The minimum Gasteiger partial charge on any atom is -0.390 e. The molecular formula is C36H36F3N3O3. The van der Waals surface area contributed by atoms with Crippen LogP contribution in [-0.4, -0.2) is 35.6 Å². The fraction of sp³-hybridized carbons (Fsp3) is 0.278. The number of benzene rings is 4. The number of alkyl halides is 3. The summed E-state index contributed by atoms with van der Waals surface area (Å²) in [6.45, 7) is 1.93. The van der Waals surface area contributed by atoms with Gasteiger partial charge in [-0.05, 0) is 73.2 Å². The lowest BCUT2D eigenvalue weighted by Gasteiger charge is -2.27. The van der Waals surface area contributed by atoms with Crippen molar-refractivity contribution in [3.05, 3.63) is 143 Å². The Bertz CT molecular complexity index is 1610. The second-order valence-electron chi connectivity index (χ2n) is 11.6. The van der Waals surface area contributed by atoms with Gasteiger partial charge in [0.25, 0.3) is 11.8 Å². The maximum absolute atomic E-state index is 13.5. The zero-order valence-corrected chi connectivity index (χ0v) is 24.9. The lowest BCUT2D eigenvalue weighted by atomic mass is 9.98. The van der Waals surface area contributed by atoms with E-state index in [0.717, 1.165) is 23.3 Å². The van der Waals surface area contributed by atoms with Crippen LogP contribution in [0.1, 0.15) is 68.8 Å². The molecule has 6 nitrogen and oxygen atoms in total. The van der Waals surface area contributed by atoms with Gasteiger partial charge in [-0.3, -0.25) is 9.59 Å². The molecule has 0 spiro atoms. The molecule has 2 amide bonds. The Labute approximate surface area is 260 Å². The molecule has 1 saturated carbocycles.